The maximum Gasteiger partial charge on any atom is 0.234 e. The summed E-state index contributed by atoms with van der Waals surface area (Å²) in [5.41, 5.74) is 0.639. The first-order valence-corrected chi connectivity index (χ1v) is 7.81. The van der Waals surface area contributed by atoms with Crippen molar-refractivity contribution in [1.82, 2.24) is 9.55 Å². The van der Waals surface area contributed by atoms with Crippen LogP contribution < -0.4 is 14.8 Å². The van der Waals surface area contributed by atoms with Crippen molar-refractivity contribution < 1.29 is 14.3 Å². The molecule has 118 valence electrons. The van der Waals surface area contributed by atoms with Gasteiger partial charge < -0.3 is 19.4 Å². The number of rotatable bonds is 7. The second-order valence-electron chi connectivity index (χ2n) is 4.43. The predicted molar refractivity (Wildman–Crippen MR) is 86.8 cm³/mol. The monoisotopic (exact) mass is 321 g/mol. The number of aromatic nitrogens is 2. The minimum atomic E-state index is -0.106. The standard InChI is InChI=1S/C15H19N3O3S/c1-4-18-6-5-16-15(18)22-10-14(19)17-11-7-12(20-2)9-13(8-11)21-3/h5-9H,4,10H2,1-3H3,(H,17,19). The number of methoxy groups -OCH3 is 2. The number of hydrogen-bond acceptors (Lipinski definition) is 5. The predicted octanol–water partition coefficient (Wildman–Crippen LogP) is 2.65. The van der Waals surface area contributed by atoms with Gasteiger partial charge in [-0.2, -0.15) is 0 Å². The Balaban J connectivity index is 1.97. The van der Waals surface area contributed by atoms with Crippen LogP contribution in [0.1, 0.15) is 6.92 Å². The number of amides is 1. The molecule has 0 bridgehead atoms. The highest BCUT2D eigenvalue weighted by atomic mass is 32.2. The van der Waals surface area contributed by atoms with Gasteiger partial charge in [0.1, 0.15) is 11.5 Å². The summed E-state index contributed by atoms with van der Waals surface area (Å²) in [7, 11) is 3.14. The smallest absolute Gasteiger partial charge is 0.234 e. The number of benzene rings is 1. The van der Waals surface area contributed by atoms with Gasteiger partial charge in [-0.25, -0.2) is 4.98 Å². The molecule has 0 aliphatic rings. The van der Waals surface area contributed by atoms with Gasteiger partial charge in [0.25, 0.3) is 0 Å². The van der Waals surface area contributed by atoms with E-state index in [9.17, 15) is 4.79 Å². The zero-order valence-corrected chi connectivity index (χ0v) is 13.6. The number of carbonyl (C=O) groups excluding carboxylic acids is 1. The van der Waals surface area contributed by atoms with E-state index in [1.807, 2.05) is 17.7 Å². The van der Waals surface area contributed by atoms with E-state index in [1.165, 1.54) is 11.8 Å². The Bertz CT molecular complexity index is 620. The molecule has 1 heterocycles. The summed E-state index contributed by atoms with van der Waals surface area (Å²) < 4.78 is 12.3. The van der Waals surface area contributed by atoms with Crippen LogP contribution in [0.5, 0.6) is 11.5 Å². The first kappa shape index (κ1) is 16.2. The molecule has 6 nitrogen and oxygen atoms in total. The number of thioether (sulfide) groups is 1. The molecule has 0 fully saturated rings. The topological polar surface area (TPSA) is 65.4 Å². The van der Waals surface area contributed by atoms with E-state index in [4.69, 9.17) is 9.47 Å². The molecule has 1 amide bonds. The van der Waals surface area contributed by atoms with E-state index in [0.29, 0.717) is 17.2 Å². The van der Waals surface area contributed by atoms with Gasteiger partial charge in [0, 0.05) is 42.8 Å². The van der Waals surface area contributed by atoms with Crippen molar-refractivity contribution >= 4 is 23.4 Å². The van der Waals surface area contributed by atoms with Crippen molar-refractivity contribution in [2.24, 2.45) is 0 Å². The molecule has 0 atom stereocenters. The fourth-order valence-electron chi connectivity index (χ4n) is 1.88. The number of carbonyl (C=O) groups is 1. The van der Waals surface area contributed by atoms with Gasteiger partial charge >= 0.3 is 0 Å². The number of ether oxygens (including phenoxy) is 2. The van der Waals surface area contributed by atoms with Crippen LogP contribution in [0.15, 0.2) is 35.7 Å². The second kappa shape index (κ2) is 7.74. The summed E-state index contributed by atoms with van der Waals surface area (Å²) in [6.07, 6.45) is 3.63. The second-order valence-corrected chi connectivity index (χ2v) is 5.38. The normalized spacial score (nSPS) is 10.3. The lowest BCUT2D eigenvalue weighted by Crippen LogP contribution is -2.14. The van der Waals surface area contributed by atoms with E-state index in [1.54, 1.807) is 38.6 Å². The van der Waals surface area contributed by atoms with Crippen molar-refractivity contribution in [2.45, 2.75) is 18.6 Å². The molecule has 7 heteroatoms. The molecule has 0 aliphatic heterocycles. The fraction of sp³-hybridized carbons (Fsp3) is 0.333. The molecule has 2 aromatic rings. The van der Waals surface area contributed by atoms with Crippen LogP contribution in [0.25, 0.3) is 0 Å². The number of nitrogens with one attached hydrogen (secondary N) is 1. The van der Waals surface area contributed by atoms with Gasteiger partial charge in [-0.15, -0.1) is 0 Å². The van der Waals surface area contributed by atoms with Crippen molar-refractivity contribution in [3.63, 3.8) is 0 Å². The van der Waals surface area contributed by atoms with Gasteiger partial charge in [-0.05, 0) is 6.92 Å². The number of nitrogens with zero attached hydrogens (tertiary/aromatic N) is 2. The van der Waals surface area contributed by atoms with E-state index in [-0.39, 0.29) is 11.7 Å². The van der Waals surface area contributed by atoms with Crippen LogP contribution in [0.4, 0.5) is 5.69 Å². The first-order valence-electron chi connectivity index (χ1n) is 6.83. The molecule has 0 radical (unpaired) electrons. The lowest BCUT2D eigenvalue weighted by Gasteiger charge is -2.10. The van der Waals surface area contributed by atoms with Gasteiger partial charge in [0.15, 0.2) is 5.16 Å². The molecular formula is C15H19N3O3S. The Kier molecular flexibility index (Phi) is 5.71. The molecule has 0 saturated carbocycles. The minimum absolute atomic E-state index is 0.106. The third-order valence-electron chi connectivity index (χ3n) is 2.99. The van der Waals surface area contributed by atoms with Crippen LogP contribution in [0.2, 0.25) is 0 Å². The molecular weight excluding hydrogens is 302 g/mol. The van der Waals surface area contributed by atoms with Crippen molar-refractivity contribution in [2.75, 3.05) is 25.3 Å². The largest absolute Gasteiger partial charge is 0.497 e. The quantitative estimate of drug-likeness (QED) is 0.794. The summed E-state index contributed by atoms with van der Waals surface area (Å²) in [4.78, 5) is 16.3. The van der Waals surface area contributed by atoms with E-state index in [2.05, 4.69) is 10.3 Å². The Hall–Kier alpha value is -2.15. The maximum absolute atomic E-state index is 12.1. The van der Waals surface area contributed by atoms with Crippen LogP contribution >= 0.6 is 11.8 Å². The highest BCUT2D eigenvalue weighted by molar-refractivity contribution is 7.99. The molecule has 1 aromatic heterocycles. The molecule has 0 saturated heterocycles. The van der Waals surface area contributed by atoms with Gasteiger partial charge in [0.05, 0.1) is 20.0 Å². The number of anilines is 1. The molecule has 0 unspecified atom stereocenters. The molecule has 1 aromatic carbocycles. The lowest BCUT2D eigenvalue weighted by atomic mass is 10.2. The summed E-state index contributed by atoms with van der Waals surface area (Å²) in [6.45, 7) is 2.87. The summed E-state index contributed by atoms with van der Waals surface area (Å²) in [6, 6.07) is 5.25. The summed E-state index contributed by atoms with van der Waals surface area (Å²) in [5, 5.41) is 3.67. The maximum atomic E-state index is 12.1. The number of imidazole rings is 1. The van der Waals surface area contributed by atoms with Crippen molar-refractivity contribution in [1.29, 1.82) is 0 Å². The van der Waals surface area contributed by atoms with E-state index >= 15 is 0 Å². The fourth-order valence-corrected chi connectivity index (χ4v) is 2.71. The average molecular weight is 321 g/mol. The highest BCUT2D eigenvalue weighted by Gasteiger charge is 2.09. The van der Waals surface area contributed by atoms with Crippen LogP contribution in [0, 0.1) is 0 Å². The molecule has 2 rings (SSSR count). The van der Waals surface area contributed by atoms with Crippen LogP contribution in [-0.4, -0.2) is 35.4 Å². The molecule has 0 spiro atoms. The summed E-state index contributed by atoms with van der Waals surface area (Å²) in [5.74, 6) is 1.44. The van der Waals surface area contributed by atoms with Crippen molar-refractivity contribution in [3.8, 4) is 11.5 Å². The van der Waals surface area contributed by atoms with Gasteiger partial charge in [-0.1, -0.05) is 11.8 Å². The first-order chi connectivity index (χ1) is 10.7. The highest BCUT2D eigenvalue weighted by Crippen LogP contribution is 2.26. The van der Waals surface area contributed by atoms with E-state index < -0.39 is 0 Å². The number of hydrogen-bond donors (Lipinski definition) is 1. The molecule has 0 aliphatic carbocycles. The third-order valence-corrected chi connectivity index (χ3v) is 3.99. The van der Waals surface area contributed by atoms with Gasteiger partial charge in [0.2, 0.25) is 5.91 Å². The van der Waals surface area contributed by atoms with Crippen LogP contribution in [-0.2, 0) is 11.3 Å². The van der Waals surface area contributed by atoms with Crippen LogP contribution in [0.3, 0.4) is 0 Å². The van der Waals surface area contributed by atoms with Crippen molar-refractivity contribution in [3.05, 3.63) is 30.6 Å². The summed E-state index contributed by atoms with van der Waals surface area (Å²) >= 11 is 1.40. The third kappa shape index (κ3) is 4.17. The Morgan fingerprint density at radius 2 is 1.95 bits per heavy atom. The minimum Gasteiger partial charge on any atom is -0.497 e. The zero-order valence-electron chi connectivity index (χ0n) is 12.8. The van der Waals surface area contributed by atoms with E-state index in [0.717, 1.165) is 11.7 Å². The Morgan fingerprint density at radius 3 is 2.55 bits per heavy atom. The number of aryl methyl sites for hydroxylation is 1. The SMILES string of the molecule is CCn1ccnc1SCC(=O)Nc1cc(OC)cc(OC)c1. The Morgan fingerprint density at radius 1 is 1.27 bits per heavy atom. The molecule has 1 N–H and O–H groups in total. The average Bonchev–Trinajstić information content (AvgIpc) is 3.00. The Labute approximate surface area is 133 Å². The lowest BCUT2D eigenvalue weighted by molar-refractivity contribution is -0.113. The molecule has 22 heavy (non-hydrogen) atoms. The zero-order chi connectivity index (χ0) is 15.9. The van der Waals surface area contributed by atoms with Gasteiger partial charge in [-0.3, -0.25) is 4.79 Å².